The van der Waals surface area contributed by atoms with E-state index in [0.717, 1.165) is 18.6 Å². The van der Waals surface area contributed by atoms with Crippen molar-refractivity contribution in [3.8, 4) is 0 Å². The van der Waals surface area contributed by atoms with Gasteiger partial charge in [-0.15, -0.1) is 0 Å². The van der Waals surface area contributed by atoms with E-state index in [4.69, 9.17) is 4.74 Å². The van der Waals surface area contributed by atoms with Crippen LogP contribution < -0.4 is 0 Å². The summed E-state index contributed by atoms with van der Waals surface area (Å²) >= 11 is 1.88. The quantitative estimate of drug-likeness (QED) is 0.540. The molecule has 132 valence electrons. The zero-order valence-electron chi connectivity index (χ0n) is 16.5. The van der Waals surface area contributed by atoms with Gasteiger partial charge in [-0.25, -0.2) is 0 Å². The fraction of sp³-hybridized carbons (Fsp3) is 0.947. The molecule has 0 saturated heterocycles. The van der Waals surface area contributed by atoms with Gasteiger partial charge < -0.3 is 4.74 Å². The van der Waals surface area contributed by atoms with Crippen molar-refractivity contribution in [1.29, 1.82) is 0 Å². The molecule has 0 N–H and O–H groups in total. The number of rotatable bonds is 7. The van der Waals surface area contributed by atoms with Gasteiger partial charge in [0.15, 0.2) is 0 Å². The number of carbonyl (C=O) groups excluding carboxylic acids is 1. The Kier molecular flexibility index (Phi) is 8.01. The van der Waals surface area contributed by atoms with Gasteiger partial charge in [0, 0.05) is 10.5 Å². The fourth-order valence-corrected chi connectivity index (χ4v) is 4.34. The van der Waals surface area contributed by atoms with Crippen molar-refractivity contribution < 1.29 is 9.53 Å². The Morgan fingerprint density at radius 2 is 1.45 bits per heavy atom. The summed E-state index contributed by atoms with van der Waals surface area (Å²) in [6.45, 7) is 21.8. The minimum atomic E-state index is -0.0594. The first-order valence-corrected chi connectivity index (χ1v) is 9.44. The highest BCUT2D eigenvalue weighted by Crippen LogP contribution is 2.37. The third kappa shape index (κ3) is 11.4. The average Bonchev–Trinajstić information content (AvgIpc) is 2.19. The molecule has 0 radical (unpaired) electrons. The van der Waals surface area contributed by atoms with Crippen molar-refractivity contribution in [2.45, 2.75) is 92.9 Å². The molecule has 0 rings (SSSR count). The zero-order chi connectivity index (χ0) is 17.8. The normalized spacial score (nSPS) is 16.3. The molecular weight excluding hydrogens is 292 g/mol. The molecule has 0 heterocycles. The predicted octanol–water partition coefficient (Wildman–Crippen LogP) is 5.94. The molecule has 22 heavy (non-hydrogen) atoms. The van der Waals surface area contributed by atoms with Gasteiger partial charge >= 0.3 is 5.97 Å². The third-order valence-electron chi connectivity index (χ3n) is 3.30. The van der Waals surface area contributed by atoms with E-state index in [0.29, 0.717) is 5.41 Å². The molecule has 0 bridgehead atoms. The molecule has 2 nitrogen and oxygen atoms in total. The second-order valence-corrected chi connectivity index (χ2v) is 11.4. The van der Waals surface area contributed by atoms with Crippen molar-refractivity contribution in [2.24, 2.45) is 16.7 Å². The van der Waals surface area contributed by atoms with Gasteiger partial charge in [0.1, 0.15) is 0 Å². The van der Waals surface area contributed by atoms with Gasteiger partial charge in [0.05, 0.1) is 12.0 Å². The van der Waals surface area contributed by atoms with Gasteiger partial charge in [0.2, 0.25) is 0 Å². The summed E-state index contributed by atoms with van der Waals surface area (Å²) in [5.74, 6) is 0.715. The predicted molar refractivity (Wildman–Crippen MR) is 99.4 cm³/mol. The van der Waals surface area contributed by atoms with E-state index < -0.39 is 0 Å². The number of carbonyl (C=O) groups is 1. The standard InChI is InChI=1S/C19H38O2S/c1-14(12-22-19(9,10)13-18(6,7)8)16(20)21-15(2)11-17(3,4)5/h14-15H,11-13H2,1-10H3. The Bertz CT molecular complexity index is 347. The van der Waals surface area contributed by atoms with Crippen molar-refractivity contribution in [2.75, 3.05) is 5.75 Å². The van der Waals surface area contributed by atoms with Crippen molar-refractivity contribution in [3.63, 3.8) is 0 Å². The monoisotopic (exact) mass is 330 g/mol. The maximum absolute atomic E-state index is 12.2. The maximum atomic E-state index is 12.2. The molecule has 0 aromatic carbocycles. The second kappa shape index (κ2) is 8.08. The summed E-state index contributed by atoms with van der Waals surface area (Å²) in [5, 5.41) is 0. The number of ether oxygens (including phenoxy) is 1. The van der Waals surface area contributed by atoms with E-state index in [2.05, 4.69) is 55.4 Å². The fourth-order valence-electron chi connectivity index (χ4n) is 2.97. The van der Waals surface area contributed by atoms with Crippen LogP contribution in [0.3, 0.4) is 0 Å². The molecule has 2 atom stereocenters. The molecule has 0 amide bonds. The van der Waals surface area contributed by atoms with E-state index in [1.165, 1.54) is 0 Å². The maximum Gasteiger partial charge on any atom is 0.309 e. The average molecular weight is 331 g/mol. The lowest BCUT2D eigenvalue weighted by atomic mass is 9.86. The van der Waals surface area contributed by atoms with Crippen LogP contribution in [0.2, 0.25) is 0 Å². The molecular formula is C19H38O2S. The topological polar surface area (TPSA) is 26.3 Å². The van der Waals surface area contributed by atoms with Gasteiger partial charge in [-0.3, -0.25) is 4.79 Å². The summed E-state index contributed by atoms with van der Waals surface area (Å²) in [4.78, 5) is 12.2. The van der Waals surface area contributed by atoms with Crippen LogP contribution in [0.15, 0.2) is 0 Å². The number of esters is 1. The highest BCUT2D eigenvalue weighted by molar-refractivity contribution is 8.00. The highest BCUT2D eigenvalue weighted by Gasteiger charge is 2.28. The van der Waals surface area contributed by atoms with E-state index in [1.54, 1.807) is 0 Å². The summed E-state index contributed by atoms with van der Waals surface area (Å²) < 4.78 is 5.79. The van der Waals surface area contributed by atoms with Gasteiger partial charge in [0.25, 0.3) is 0 Å². The SMILES string of the molecule is CC(CC(C)(C)C)OC(=O)C(C)CSC(C)(C)CC(C)(C)C. The lowest BCUT2D eigenvalue weighted by molar-refractivity contribution is -0.152. The van der Waals surface area contributed by atoms with E-state index >= 15 is 0 Å². The number of hydrogen-bond donors (Lipinski definition) is 0. The van der Waals surface area contributed by atoms with E-state index in [1.807, 2.05) is 25.6 Å². The lowest BCUT2D eigenvalue weighted by Crippen LogP contribution is -2.28. The second-order valence-electron chi connectivity index (χ2n) is 9.72. The Morgan fingerprint density at radius 3 is 1.86 bits per heavy atom. The van der Waals surface area contributed by atoms with Crippen LogP contribution in [0.25, 0.3) is 0 Å². The van der Waals surface area contributed by atoms with Crippen LogP contribution in [-0.2, 0) is 9.53 Å². The summed E-state index contributed by atoms with van der Waals surface area (Å²) in [6, 6.07) is 0. The Balaban J connectivity index is 4.31. The lowest BCUT2D eigenvalue weighted by Gasteiger charge is -2.32. The molecule has 0 fully saturated rings. The van der Waals surface area contributed by atoms with Crippen molar-refractivity contribution in [3.05, 3.63) is 0 Å². The molecule has 3 heteroatoms. The first-order chi connectivity index (χ1) is 9.61. The van der Waals surface area contributed by atoms with Crippen LogP contribution >= 0.6 is 11.8 Å². The molecule has 0 aromatic heterocycles. The molecule has 2 unspecified atom stereocenters. The molecule has 0 aliphatic carbocycles. The van der Waals surface area contributed by atoms with Gasteiger partial charge in [-0.05, 0) is 30.6 Å². The van der Waals surface area contributed by atoms with Crippen LogP contribution in [0, 0.1) is 16.7 Å². The third-order valence-corrected chi connectivity index (χ3v) is 4.89. The van der Waals surface area contributed by atoms with Crippen LogP contribution in [0.1, 0.15) is 82.1 Å². The largest absolute Gasteiger partial charge is 0.462 e. The number of thioether (sulfide) groups is 1. The number of hydrogen-bond acceptors (Lipinski definition) is 3. The van der Waals surface area contributed by atoms with E-state index in [9.17, 15) is 4.79 Å². The molecule has 0 saturated carbocycles. The highest BCUT2D eigenvalue weighted by atomic mass is 32.2. The summed E-state index contributed by atoms with van der Waals surface area (Å²) in [7, 11) is 0. The smallest absolute Gasteiger partial charge is 0.309 e. The van der Waals surface area contributed by atoms with Gasteiger partial charge in [-0.1, -0.05) is 62.3 Å². The summed E-state index contributed by atoms with van der Waals surface area (Å²) in [5.41, 5.74) is 0.494. The summed E-state index contributed by atoms with van der Waals surface area (Å²) in [6.07, 6.45) is 2.02. The van der Waals surface area contributed by atoms with E-state index in [-0.39, 0.29) is 28.2 Å². The zero-order valence-corrected chi connectivity index (χ0v) is 17.3. The van der Waals surface area contributed by atoms with Gasteiger partial charge in [-0.2, -0.15) is 11.8 Å². The van der Waals surface area contributed by atoms with Crippen LogP contribution in [-0.4, -0.2) is 22.6 Å². The first kappa shape index (κ1) is 21.8. The van der Waals surface area contributed by atoms with Crippen LogP contribution in [0.4, 0.5) is 0 Å². The Labute approximate surface area is 143 Å². The minimum Gasteiger partial charge on any atom is -0.462 e. The Hall–Kier alpha value is -0.180. The van der Waals surface area contributed by atoms with Crippen LogP contribution in [0.5, 0.6) is 0 Å². The molecule has 0 aromatic rings. The van der Waals surface area contributed by atoms with Crippen molar-refractivity contribution >= 4 is 17.7 Å². The van der Waals surface area contributed by atoms with Crippen molar-refractivity contribution in [1.82, 2.24) is 0 Å². The molecule has 0 aliphatic rings. The first-order valence-electron chi connectivity index (χ1n) is 8.46. The molecule has 0 aliphatic heterocycles. The molecule has 0 spiro atoms. The minimum absolute atomic E-state index is 0.0115. The Morgan fingerprint density at radius 1 is 0.955 bits per heavy atom.